The molecule has 0 fully saturated rings. The second kappa shape index (κ2) is 6.50. The SMILES string of the molecule is CC(C)Oc1ccccc1NC(CO)C(C)C. The number of rotatable bonds is 6. The average molecular weight is 237 g/mol. The Morgan fingerprint density at radius 3 is 2.35 bits per heavy atom. The van der Waals surface area contributed by atoms with Gasteiger partial charge in [-0.05, 0) is 31.9 Å². The van der Waals surface area contributed by atoms with Gasteiger partial charge in [0.25, 0.3) is 0 Å². The fourth-order valence-electron chi connectivity index (χ4n) is 1.57. The molecule has 1 aromatic carbocycles. The number of ether oxygens (including phenoxy) is 1. The molecular weight excluding hydrogens is 214 g/mol. The molecule has 3 nitrogen and oxygen atoms in total. The zero-order chi connectivity index (χ0) is 12.8. The Labute approximate surface area is 104 Å². The molecule has 0 aliphatic heterocycles. The van der Waals surface area contributed by atoms with Gasteiger partial charge < -0.3 is 15.2 Å². The average Bonchev–Trinajstić information content (AvgIpc) is 2.26. The van der Waals surface area contributed by atoms with E-state index < -0.39 is 0 Å². The molecular formula is C14H23NO2. The van der Waals surface area contributed by atoms with E-state index in [0.717, 1.165) is 11.4 Å². The summed E-state index contributed by atoms with van der Waals surface area (Å²) in [7, 11) is 0. The van der Waals surface area contributed by atoms with Crippen LogP contribution in [0.3, 0.4) is 0 Å². The van der Waals surface area contributed by atoms with E-state index in [1.807, 2.05) is 38.1 Å². The molecule has 3 heteroatoms. The van der Waals surface area contributed by atoms with Crippen LogP contribution >= 0.6 is 0 Å². The highest BCUT2D eigenvalue weighted by molar-refractivity contribution is 5.56. The molecule has 0 aliphatic carbocycles. The van der Waals surface area contributed by atoms with Crippen molar-refractivity contribution >= 4 is 5.69 Å². The van der Waals surface area contributed by atoms with Crippen LogP contribution in [0.5, 0.6) is 5.75 Å². The number of aliphatic hydroxyl groups excluding tert-OH is 1. The molecule has 0 saturated heterocycles. The maximum Gasteiger partial charge on any atom is 0.142 e. The Morgan fingerprint density at radius 1 is 1.18 bits per heavy atom. The Balaban J connectivity index is 2.82. The van der Waals surface area contributed by atoms with Gasteiger partial charge in [-0.3, -0.25) is 0 Å². The fourth-order valence-corrected chi connectivity index (χ4v) is 1.57. The van der Waals surface area contributed by atoms with Gasteiger partial charge in [-0.1, -0.05) is 26.0 Å². The predicted molar refractivity (Wildman–Crippen MR) is 71.5 cm³/mol. The van der Waals surface area contributed by atoms with Crippen LogP contribution in [0.4, 0.5) is 5.69 Å². The second-order valence-electron chi connectivity index (χ2n) is 4.84. The smallest absolute Gasteiger partial charge is 0.142 e. The first-order valence-corrected chi connectivity index (χ1v) is 6.17. The van der Waals surface area contributed by atoms with Gasteiger partial charge in [0, 0.05) is 0 Å². The second-order valence-corrected chi connectivity index (χ2v) is 4.84. The van der Waals surface area contributed by atoms with Crippen LogP contribution in [0.25, 0.3) is 0 Å². The summed E-state index contributed by atoms with van der Waals surface area (Å²) in [5, 5.41) is 12.7. The lowest BCUT2D eigenvalue weighted by Gasteiger charge is -2.23. The molecule has 0 bridgehead atoms. The molecule has 0 radical (unpaired) electrons. The molecule has 1 atom stereocenters. The zero-order valence-electron chi connectivity index (χ0n) is 11.1. The highest BCUT2D eigenvalue weighted by Gasteiger charge is 2.14. The Morgan fingerprint density at radius 2 is 1.82 bits per heavy atom. The van der Waals surface area contributed by atoms with Crippen LogP contribution in [-0.4, -0.2) is 23.9 Å². The van der Waals surface area contributed by atoms with Crippen LogP contribution in [0.15, 0.2) is 24.3 Å². The molecule has 0 aromatic heterocycles. The predicted octanol–water partition coefficient (Wildman–Crippen LogP) is 2.90. The van der Waals surface area contributed by atoms with Gasteiger partial charge in [-0.2, -0.15) is 0 Å². The summed E-state index contributed by atoms with van der Waals surface area (Å²) in [6, 6.07) is 7.88. The summed E-state index contributed by atoms with van der Waals surface area (Å²) in [5.41, 5.74) is 0.939. The molecule has 1 aromatic rings. The minimum absolute atomic E-state index is 0.0481. The van der Waals surface area contributed by atoms with E-state index in [1.165, 1.54) is 0 Å². The number of para-hydroxylation sites is 2. The number of hydrogen-bond donors (Lipinski definition) is 2. The van der Waals surface area contributed by atoms with E-state index in [1.54, 1.807) is 0 Å². The van der Waals surface area contributed by atoms with E-state index in [9.17, 15) is 5.11 Å². The highest BCUT2D eigenvalue weighted by Crippen LogP contribution is 2.26. The Hall–Kier alpha value is -1.22. The quantitative estimate of drug-likeness (QED) is 0.799. The van der Waals surface area contributed by atoms with Crippen molar-refractivity contribution in [3.05, 3.63) is 24.3 Å². The van der Waals surface area contributed by atoms with E-state index in [0.29, 0.717) is 5.92 Å². The number of hydrogen-bond acceptors (Lipinski definition) is 3. The third-order valence-electron chi connectivity index (χ3n) is 2.59. The van der Waals surface area contributed by atoms with Crippen LogP contribution in [-0.2, 0) is 0 Å². The van der Waals surface area contributed by atoms with Gasteiger partial charge in [-0.25, -0.2) is 0 Å². The van der Waals surface area contributed by atoms with Crippen molar-refractivity contribution < 1.29 is 9.84 Å². The Kier molecular flexibility index (Phi) is 5.29. The highest BCUT2D eigenvalue weighted by atomic mass is 16.5. The van der Waals surface area contributed by atoms with Crippen molar-refractivity contribution in [3.63, 3.8) is 0 Å². The minimum Gasteiger partial charge on any atom is -0.489 e. The third-order valence-corrected chi connectivity index (χ3v) is 2.59. The van der Waals surface area contributed by atoms with Gasteiger partial charge in [0.1, 0.15) is 5.75 Å². The molecule has 0 heterocycles. The monoisotopic (exact) mass is 237 g/mol. The topological polar surface area (TPSA) is 41.5 Å². The molecule has 2 N–H and O–H groups in total. The lowest BCUT2D eigenvalue weighted by Crippen LogP contribution is -2.29. The van der Waals surface area contributed by atoms with E-state index >= 15 is 0 Å². The van der Waals surface area contributed by atoms with Crippen molar-refractivity contribution in [1.82, 2.24) is 0 Å². The van der Waals surface area contributed by atoms with Crippen molar-refractivity contribution in [3.8, 4) is 5.75 Å². The van der Waals surface area contributed by atoms with Crippen LogP contribution < -0.4 is 10.1 Å². The van der Waals surface area contributed by atoms with E-state index in [-0.39, 0.29) is 18.8 Å². The molecule has 0 saturated carbocycles. The first-order valence-electron chi connectivity index (χ1n) is 6.17. The largest absolute Gasteiger partial charge is 0.489 e. The molecule has 1 unspecified atom stereocenters. The summed E-state index contributed by atoms with van der Waals surface area (Å²) in [6.45, 7) is 8.29. The lowest BCUT2D eigenvalue weighted by atomic mass is 10.1. The van der Waals surface area contributed by atoms with E-state index in [2.05, 4.69) is 19.2 Å². The van der Waals surface area contributed by atoms with Crippen molar-refractivity contribution in [2.24, 2.45) is 5.92 Å². The number of benzene rings is 1. The van der Waals surface area contributed by atoms with E-state index in [4.69, 9.17) is 4.74 Å². The maximum absolute atomic E-state index is 9.33. The van der Waals surface area contributed by atoms with Crippen molar-refractivity contribution in [2.75, 3.05) is 11.9 Å². The molecule has 0 amide bonds. The third kappa shape index (κ3) is 4.27. The van der Waals surface area contributed by atoms with Gasteiger partial charge in [0.05, 0.1) is 24.4 Å². The molecule has 0 aliphatic rings. The molecule has 17 heavy (non-hydrogen) atoms. The number of anilines is 1. The summed E-state index contributed by atoms with van der Waals surface area (Å²) in [6.07, 6.45) is 0.143. The molecule has 96 valence electrons. The lowest BCUT2D eigenvalue weighted by molar-refractivity contribution is 0.238. The van der Waals surface area contributed by atoms with Gasteiger partial charge in [0.15, 0.2) is 0 Å². The summed E-state index contributed by atoms with van der Waals surface area (Å²) < 4.78 is 5.73. The summed E-state index contributed by atoms with van der Waals surface area (Å²) >= 11 is 0. The number of nitrogens with one attached hydrogen (secondary N) is 1. The normalized spacial score (nSPS) is 12.9. The number of aliphatic hydroxyl groups is 1. The maximum atomic E-state index is 9.33. The molecule has 1 rings (SSSR count). The zero-order valence-corrected chi connectivity index (χ0v) is 11.1. The van der Waals surface area contributed by atoms with Gasteiger partial charge in [0.2, 0.25) is 0 Å². The first kappa shape index (κ1) is 13.8. The first-order chi connectivity index (χ1) is 8.04. The van der Waals surface area contributed by atoms with Crippen LogP contribution in [0.2, 0.25) is 0 Å². The van der Waals surface area contributed by atoms with Crippen LogP contribution in [0.1, 0.15) is 27.7 Å². The van der Waals surface area contributed by atoms with Gasteiger partial charge in [-0.15, -0.1) is 0 Å². The minimum atomic E-state index is 0.0481. The summed E-state index contributed by atoms with van der Waals surface area (Å²) in [4.78, 5) is 0. The van der Waals surface area contributed by atoms with Crippen molar-refractivity contribution in [1.29, 1.82) is 0 Å². The van der Waals surface area contributed by atoms with Gasteiger partial charge >= 0.3 is 0 Å². The van der Waals surface area contributed by atoms with Crippen LogP contribution in [0, 0.1) is 5.92 Å². The standard InChI is InChI=1S/C14H23NO2/c1-10(2)13(9-16)15-12-7-5-6-8-14(12)17-11(3)4/h5-8,10-11,13,15-16H,9H2,1-4H3. The molecule has 0 spiro atoms. The van der Waals surface area contributed by atoms with Crippen molar-refractivity contribution in [2.45, 2.75) is 39.8 Å². The fraction of sp³-hybridized carbons (Fsp3) is 0.571. The summed E-state index contributed by atoms with van der Waals surface area (Å²) in [5.74, 6) is 1.20. The Bertz CT molecular complexity index is 337.